The molecule has 0 aliphatic heterocycles. The van der Waals surface area contributed by atoms with Gasteiger partial charge < -0.3 is 22.2 Å². The lowest BCUT2D eigenvalue weighted by Gasteiger charge is -2.24. The Labute approximate surface area is 138 Å². The van der Waals surface area contributed by atoms with Crippen LogP contribution in [0.25, 0.3) is 0 Å². The summed E-state index contributed by atoms with van der Waals surface area (Å²) >= 11 is 5.94. The molecule has 0 saturated heterocycles. The molecule has 0 saturated carbocycles. The molecule has 114 valence electrons. The largest absolute Gasteiger partial charge is 1.00 e. The molecule has 2 rings (SSSR count). The first kappa shape index (κ1) is 17.8. The Hall–Kier alpha value is -1.29. The maximum absolute atomic E-state index is 5.94. The van der Waals surface area contributed by atoms with Crippen LogP contribution in [-0.2, 0) is 6.54 Å². The number of quaternary nitrogens is 1. The number of likely N-dealkylation sites (N-methyl/N-ethyl adjacent to an activating group) is 1. The molecule has 21 heavy (non-hydrogen) atoms. The monoisotopic (exact) mass is 325 g/mol. The molecule has 0 aliphatic rings. The first-order valence-electron chi connectivity index (χ1n) is 6.84. The summed E-state index contributed by atoms with van der Waals surface area (Å²) in [5.41, 5.74) is 1.24. The number of nitrogens with one attached hydrogen (secondary N) is 1. The molecule has 2 aromatic rings. The van der Waals surface area contributed by atoms with Crippen LogP contribution in [0.5, 0.6) is 0 Å². The van der Waals surface area contributed by atoms with E-state index in [9.17, 15) is 0 Å². The van der Waals surface area contributed by atoms with Crippen molar-refractivity contribution >= 4 is 17.4 Å². The Bertz CT molecular complexity index is 515. The molecule has 1 heterocycles. The van der Waals surface area contributed by atoms with E-state index in [-0.39, 0.29) is 12.4 Å². The van der Waals surface area contributed by atoms with E-state index >= 15 is 0 Å². The number of halogens is 2. The van der Waals surface area contributed by atoms with E-state index in [1.54, 1.807) is 0 Å². The Morgan fingerprint density at radius 3 is 2.38 bits per heavy atom. The second-order valence-corrected chi connectivity index (χ2v) is 5.63. The number of rotatable bonds is 6. The molecule has 1 aromatic carbocycles. The molecule has 3 nitrogen and oxygen atoms in total. The summed E-state index contributed by atoms with van der Waals surface area (Å²) in [5, 5.41) is 0.774. The van der Waals surface area contributed by atoms with Crippen molar-refractivity contribution in [2.75, 3.05) is 32.1 Å². The molecular weight excluding hydrogens is 305 g/mol. The van der Waals surface area contributed by atoms with Crippen LogP contribution in [0.1, 0.15) is 5.56 Å². The van der Waals surface area contributed by atoms with Gasteiger partial charge in [-0.05, 0) is 29.8 Å². The van der Waals surface area contributed by atoms with E-state index in [0.717, 1.165) is 30.5 Å². The Kier molecular flexibility index (Phi) is 7.51. The number of hydrogen-bond acceptors (Lipinski definition) is 2. The molecule has 0 amide bonds. The smallest absolute Gasteiger partial charge is 0.128 e. The number of benzene rings is 1. The highest BCUT2D eigenvalue weighted by molar-refractivity contribution is 6.30. The van der Waals surface area contributed by atoms with Crippen molar-refractivity contribution in [3.8, 4) is 0 Å². The molecule has 1 aromatic heterocycles. The van der Waals surface area contributed by atoms with Crippen LogP contribution < -0.4 is 22.2 Å². The second-order valence-electron chi connectivity index (χ2n) is 5.19. The van der Waals surface area contributed by atoms with Crippen molar-refractivity contribution in [3.05, 3.63) is 59.2 Å². The van der Waals surface area contributed by atoms with Crippen LogP contribution in [0.4, 0.5) is 5.82 Å². The highest BCUT2D eigenvalue weighted by Gasteiger charge is 2.10. The highest BCUT2D eigenvalue weighted by atomic mass is 35.5. The zero-order valence-electron chi connectivity index (χ0n) is 12.4. The number of anilines is 1. The highest BCUT2D eigenvalue weighted by Crippen LogP contribution is 2.15. The first-order valence-corrected chi connectivity index (χ1v) is 7.22. The van der Waals surface area contributed by atoms with Gasteiger partial charge in [0.15, 0.2) is 0 Å². The molecule has 0 unspecified atom stereocenters. The molecular formula is C16H21Cl2N3. The van der Waals surface area contributed by atoms with Gasteiger partial charge in [0.1, 0.15) is 5.82 Å². The van der Waals surface area contributed by atoms with Crippen molar-refractivity contribution in [2.45, 2.75) is 6.54 Å². The summed E-state index contributed by atoms with van der Waals surface area (Å²) in [6, 6.07) is 14.0. The molecule has 0 atom stereocenters. The third kappa shape index (κ3) is 5.92. The van der Waals surface area contributed by atoms with Crippen molar-refractivity contribution < 1.29 is 17.3 Å². The van der Waals surface area contributed by atoms with E-state index in [1.165, 1.54) is 10.5 Å². The summed E-state index contributed by atoms with van der Waals surface area (Å²) in [7, 11) is 4.33. The predicted octanol–water partition coefficient (Wildman–Crippen LogP) is -1.11. The molecule has 1 N–H and O–H groups in total. The van der Waals surface area contributed by atoms with Gasteiger partial charge >= 0.3 is 0 Å². The minimum atomic E-state index is 0. The van der Waals surface area contributed by atoms with E-state index in [4.69, 9.17) is 11.6 Å². The third-order valence-electron chi connectivity index (χ3n) is 3.14. The molecule has 0 aliphatic carbocycles. The molecule has 0 spiro atoms. The topological polar surface area (TPSA) is 20.6 Å². The lowest BCUT2D eigenvalue weighted by atomic mass is 10.2. The first-order chi connectivity index (χ1) is 9.65. The minimum Gasteiger partial charge on any atom is -1.00 e. The van der Waals surface area contributed by atoms with Crippen molar-refractivity contribution in [2.24, 2.45) is 0 Å². The van der Waals surface area contributed by atoms with Gasteiger partial charge in [0.2, 0.25) is 0 Å². The van der Waals surface area contributed by atoms with Gasteiger partial charge in [0.05, 0.1) is 27.2 Å². The number of nitrogens with zero attached hydrogens (tertiary/aromatic N) is 2. The summed E-state index contributed by atoms with van der Waals surface area (Å²) in [4.78, 5) is 8.20. The maximum atomic E-state index is 5.94. The predicted molar refractivity (Wildman–Crippen MR) is 84.4 cm³/mol. The summed E-state index contributed by atoms with van der Waals surface area (Å²) in [6.45, 7) is 2.90. The number of aromatic nitrogens is 1. The summed E-state index contributed by atoms with van der Waals surface area (Å²) < 4.78 is 0. The van der Waals surface area contributed by atoms with Crippen molar-refractivity contribution in [1.29, 1.82) is 0 Å². The fourth-order valence-electron chi connectivity index (χ4n) is 1.98. The lowest BCUT2D eigenvalue weighted by molar-refractivity contribution is -0.856. The standard InChI is InChI=1S/C16H20ClN3.ClH/c1-19(2)11-12-20(16-5-3-4-10-18-16)13-14-6-8-15(17)9-7-14;/h3-10H,11-13H2,1-2H3;1H. The van der Waals surface area contributed by atoms with Gasteiger partial charge in [0.25, 0.3) is 0 Å². The Morgan fingerprint density at radius 1 is 1.10 bits per heavy atom. The minimum absolute atomic E-state index is 0. The molecule has 0 radical (unpaired) electrons. The summed E-state index contributed by atoms with van der Waals surface area (Å²) in [5.74, 6) is 1.02. The third-order valence-corrected chi connectivity index (χ3v) is 3.39. The normalized spacial score (nSPS) is 10.3. The zero-order chi connectivity index (χ0) is 14.4. The quantitative estimate of drug-likeness (QED) is 0.727. The van der Waals surface area contributed by atoms with Crippen LogP contribution in [-0.4, -0.2) is 32.2 Å². The van der Waals surface area contributed by atoms with E-state index in [2.05, 4.69) is 42.2 Å². The van der Waals surface area contributed by atoms with Crippen molar-refractivity contribution in [1.82, 2.24) is 4.98 Å². The van der Waals surface area contributed by atoms with Crippen LogP contribution in [0.3, 0.4) is 0 Å². The van der Waals surface area contributed by atoms with E-state index < -0.39 is 0 Å². The van der Waals surface area contributed by atoms with Crippen LogP contribution >= 0.6 is 11.6 Å². The van der Waals surface area contributed by atoms with E-state index in [0.29, 0.717) is 0 Å². The van der Waals surface area contributed by atoms with Crippen LogP contribution in [0, 0.1) is 0 Å². The van der Waals surface area contributed by atoms with Crippen LogP contribution in [0.2, 0.25) is 5.02 Å². The molecule has 0 bridgehead atoms. The SMILES string of the molecule is C[NH+](C)CCN(Cc1ccc(Cl)cc1)c1ccccn1.[Cl-]. The van der Waals surface area contributed by atoms with Crippen LogP contribution in [0.15, 0.2) is 48.7 Å². The number of pyridine rings is 1. The van der Waals surface area contributed by atoms with Gasteiger partial charge in [-0.15, -0.1) is 0 Å². The van der Waals surface area contributed by atoms with Gasteiger partial charge in [0, 0.05) is 17.8 Å². The fraction of sp³-hybridized carbons (Fsp3) is 0.312. The Morgan fingerprint density at radius 2 is 1.81 bits per heavy atom. The van der Waals surface area contributed by atoms with E-state index in [1.807, 2.05) is 30.5 Å². The maximum Gasteiger partial charge on any atom is 0.128 e. The average molecular weight is 326 g/mol. The van der Waals surface area contributed by atoms with Gasteiger partial charge in [-0.3, -0.25) is 0 Å². The average Bonchev–Trinajstić information content (AvgIpc) is 2.46. The van der Waals surface area contributed by atoms with Gasteiger partial charge in [-0.1, -0.05) is 29.8 Å². The van der Waals surface area contributed by atoms with Gasteiger partial charge in [-0.2, -0.15) is 0 Å². The second kappa shape index (κ2) is 8.88. The zero-order valence-corrected chi connectivity index (χ0v) is 13.9. The number of hydrogen-bond donors (Lipinski definition) is 1. The van der Waals surface area contributed by atoms with Gasteiger partial charge in [-0.25, -0.2) is 4.98 Å². The molecule has 0 fully saturated rings. The summed E-state index contributed by atoms with van der Waals surface area (Å²) in [6.07, 6.45) is 1.84. The molecule has 5 heteroatoms. The van der Waals surface area contributed by atoms with Crippen molar-refractivity contribution in [3.63, 3.8) is 0 Å². The Balaban J connectivity index is 0.00000220. The lowest BCUT2D eigenvalue weighted by Crippen LogP contribution is -3.06. The fourth-order valence-corrected chi connectivity index (χ4v) is 2.11.